The van der Waals surface area contributed by atoms with E-state index in [1.165, 1.54) is 19.0 Å². The summed E-state index contributed by atoms with van der Waals surface area (Å²) in [7, 11) is 0. The Kier molecular flexibility index (Phi) is 1.77. The maximum absolute atomic E-state index is 5.66. The number of nitrogens with two attached hydrogens (primary N) is 1. The van der Waals surface area contributed by atoms with Crippen molar-refractivity contribution in [2.24, 2.45) is 0 Å². The van der Waals surface area contributed by atoms with Gasteiger partial charge in [0.25, 0.3) is 0 Å². The Hall–Kier alpha value is -1.03. The van der Waals surface area contributed by atoms with Gasteiger partial charge in [-0.3, -0.25) is 0 Å². The van der Waals surface area contributed by atoms with Crippen molar-refractivity contribution in [2.75, 3.05) is 11.1 Å². The van der Waals surface area contributed by atoms with Crippen LogP contribution in [0.15, 0.2) is 6.20 Å². The second-order valence-corrected chi connectivity index (χ2v) is 3.25. The minimum absolute atomic E-state index is 0.329. The standard InChI is InChI=1S/C7H9ClN4/c8-5-3-10-7(12-6(5)9)11-4-1-2-4/h3-4H,1-2H2,(H3,9,10,11,12). The summed E-state index contributed by atoms with van der Waals surface area (Å²) in [4.78, 5) is 7.96. The number of anilines is 2. The number of nitrogens with one attached hydrogen (secondary N) is 1. The molecular weight excluding hydrogens is 176 g/mol. The Morgan fingerprint density at radius 3 is 2.92 bits per heavy atom. The van der Waals surface area contributed by atoms with Gasteiger partial charge in [0.1, 0.15) is 10.8 Å². The molecule has 1 aromatic rings. The largest absolute Gasteiger partial charge is 0.382 e. The summed E-state index contributed by atoms with van der Waals surface area (Å²) in [6, 6.07) is 0.533. The summed E-state index contributed by atoms with van der Waals surface area (Å²) in [5.41, 5.74) is 5.49. The van der Waals surface area contributed by atoms with Gasteiger partial charge in [-0.05, 0) is 12.8 Å². The van der Waals surface area contributed by atoms with E-state index in [9.17, 15) is 0 Å². The molecule has 0 aromatic carbocycles. The van der Waals surface area contributed by atoms with Gasteiger partial charge in [0.05, 0.1) is 6.20 Å². The third-order valence-corrected chi connectivity index (χ3v) is 1.97. The first-order valence-corrected chi connectivity index (χ1v) is 4.18. The Bertz CT molecular complexity index is 297. The molecule has 1 aliphatic carbocycles. The normalized spacial score (nSPS) is 16.1. The van der Waals surface area contributed by atoms with Crippen molar-refractivity contribution in [3.05, 3.63) is 11.2 Å². The molecule has 0 amide bonds. The van der Waals surface area contributed by atoms with E-state index < -0.39 is 0 Å². The minimum Gasteiger partial charge on any atom is -0.382 e. The van der Waals surface area contributed by atoms with E-state index in [4.69, 9.17) is 17.3 Å². The lowest BCUT2D eigenvalue weighted by Gasteiger charge is -2.02. The fourth-order valence-corrected chi connectivity index (χ4v) is 0.951. The van der Waals surface area contributed by atoms with Crippen molar-refractivity contribution >= 4 is 23.4 Å². The number of aromatic nitrogens is 2. The second kappa shape index (κ2) is 2.79. The van der Waals surface area contributed by atoms with Crippen molar-refractivity contribution in [1.82, 2.24) is 9.97 Å². The molecule has 2 rings (SSSR count). The van der Waals surface area contributed by atoms with Crippen LogP contribution in [0.4, 0.5) is 11.8 Å². The third-order valence-electron chi connectivity index (χ3n) is 1.68. The van der Waals surface area contributed by atoms with Crippen molar-refractivity contribution < 1.29 is 0 Å². The number of hydrogen-bond donors (Lipinski definition) is 2. The maximum Gasteiger partial charge on any atom is 0.224 e. The predicted octanol–water partition coefficient (Wildman–Crippen LogP) is 1.29. The van der Waals surface area contributed by atoms with E-state index in [1.807, 2.05) is 0 Å². The van der Waals surface area contributed by atoms with Crippen molar-refractivity contribution in [1.29, 1.82) is 0 Å². The van der Waals surface area contributed by atoms with E-state index >= 15 is 0 Å². The van der Waals surface area contributed by atoms with Crippen molar-refractivity contribution in [3.63, 3.8) is 0 Å². The molecular formula is C7H9ClN4. The number of rotatable bonds is 2. The molecule has 1 fully saturated rings. The van der Waals surface area contributed by atoms with E-state index in [1.54, 1.807) is 0 Å². The summed E-state index contributed by atoms with van der Waals surface area (Å²) in [6.45, 7) is 0. The summed E-state index contributed by atoms with van der Waals surface area (Å²) >= 11 is 5.66. The van der Waals surface area contributed by atoms with Gasteiger partial charge in [0.15, 0.2) is 0 Å². The molecule has 0 saturated heterocycles. The van der Waals surface area contributed by atoms with Crippen molar-refractivity contribution in [2.45, 2.75) is 18.9 Å². The average Bonchev–Trinajstić information content (AvgIpc) is 2.81. The average molecular weight is 185 g/mol. The zero-order valence-electron chi connectivity index (χ0n) is 6.42. The monoisotopic (exact) mass is 184 g/mol. The summed E-state index contributed by atoms with van der Waals surface area (Å²) in [5, 5.41) is 3.52. The van der Waals surface area contributed by atoms with Gasteiger partial charge in [0.2, 0.25) is 5.95 Å². The fraction of sp³-hybridized carbons (Fsp3) is 0.429. The summed E-state index contributed by atoms with van der Waals surface area (Å²) in [5.74, 6) is 0.897. The molecule has 0 bridgehead atoms. The van der Waals surface area contributed by atoms with Crippen LogP contribution in [0, 0.1) is 0 Å². The molecule has 0 radical (unpaired) electrons. The fourth-order valence-electron chi connectivity index (χ4n) is 0.860. The highest BCUT2D eigenvalue weighted by molar-refractivity contribution is 6.32. The molecule has 1 saturated carbocycles. The van der Waals surface area contributed by atoms with E-state index in [0.29, 0.717) is 22.8 Å². The van der Waals surface area contributed by atoms with Gasteiger partial charge >= 0.3 is 0 Å². The Labute approximate surface area is 75.2 Å². The van der Waals surface area contributed by atoms with Crippen LogP contribution in [0.3, 0.4) is 0 Å². The molecule has 0 aliphatic heterocycles. The number of nitrogens with zero attached hydrogens (tertiary/aromatic N) is 2. The molecule has 0 atom stereocenters. The van der Waals surface area contributed by atoms with Crippen LogP contribution in [0.25, 0.3) is 0 Å². The van der Waals surface area contributed by atoms with Gasteiger partial charge in [-0.2, -0.15) is 4.98 Å². The molecule has 1 heterocycles. The molecule has 4 nitrogen and oxygen atoms in total. The van der Waals surface area contributed by atoms with Crippen LogP contribution in [0.2, 0.25) is 5.02 Å². The quantitative estimate of drug-likeness (QED) is 0.727. The third kappa shape index (κ3) is 1.58. The van der Waals surface area contributed by atoms with Crippen LogP contribution in [-0.4, -0.2) is 16.0 Å². The van der Waals surface area contributed by atoms with Crippen LogP contribution in [0.5, 0.6) is 0 Å². The van der Waals surface area contributed by atoms with Crippen LogP contribution in [-0.2, 0) is 0 Å². The topological polar surface area (TPSA) is 63.8 Å². The molecule has 3 N–H and O–H groups in total. The molecule has 1 aliphatic rings. The smallest absolute Gasteiger partial charge is 0.224 e. The first-order valence-electron chi connectivity index (χ1n) is 3.80. The van der Waals surface area contributed by atoms with Gasteiger partial charge in [-0.15, -0.1) is 0 Å². The van der Waals surface area contributed by atoms with Gasteiger partial charge in [-0.1, -0.05) is 11.6 Å². The van der Waals surface area contributed by atoms with E-state index in [-0.39, 0.29) is 0 Å². The first kappa shape index (κ1) is 7.61. The highest BCUT2D eigenvalue weighted by Gasteiger charge is 2.21. The molecule has 0 unspecified atom stereocenters. The van der Waals surface area contributed by atoms with Gasteiger partial charge in [-0.25, -0.2) is 4.98 Å². The molecule has 12 heavy (non-hydrogen) atoms. The SMILES string of the molecule is Nc1nc(NC2CC2)ncc1Cl. The Morgan fingerprint density at radius 2 is 2.33 bits per heavy atom. The molecule has 1 aromatic heterocycles. The minimum atomic E-state index is 0.329. The lowest BCUT2D eigenvalue weighted by molar-refractivity contribution is 1.06. The number of hydrogen-bond acceptors (Lipinski definition) is 4. The lowest BCUT2D eigenvalue weighted by Crippen LogP contribution is -2.06. The zero-order chi connectivity index (χ0) is 8.55. The number of halogens is 1. The van der Waals surface area contributed by atoms with E-state index in [2.05, 4.69) is 15.3 Å². The molecule has 64 valence electrons. The first-order chi connectivity index (χ1) is 5.75. The Morgan fingerprint density at radius 1 is 1.58 bits per heavy atom. The van der Waals surface area contributed by atoms with Crippen LogP contribution >= 0.6 is 11.6 Å². The van der Waals surface area contributed by atoms with E-state index in [0.717, 1.165) is 0 Å². The summed E-state index contributed by atoms with van der Waals surface area (Å²) < 4.78 is 0. The van der Waals surface area contributed by atoms with Crippen LogP contribution in [0.1, 0.15) is 12.8 Å². The van der Waals surface area contributed by atoms with Crippen molar-refractivity contribution in [3.8, 4) is 0 Å². The molecule has 5 heteroatoms. The van der Waals surface area contributed by atoms with Gasteiger partial charge < -0.3 is 11.1 Å². The summed E-state index contributed by atoms with van der Waals surface area (Å²) in [6.07, 6.45) is 3.88. The predicted molar refractivity (Wildman–Crippen MR) is 48.1 cm³/mol. The lowest BCUT2D eigenvalue weighted by atomic mass is 10.6. The van der Waals surface area contributed by atoms with Crippen LogP contribution < -0.4 is 11.1 Å². The highest BCUT2D eigenvalue weighted by atomic mass is 35.5. The Balaban J connectivity index is 2.15. The zero-order valence-corrected chi connectivity index (χ0v) is 7.17. The molecule has 0 spiro atoms. The van der Waals surface area contributed by atoms with Gasteiger partial charge in [0, 0.05) is 6.04 Å². The number of nitrogen functional groups attached to an aromatic ring is 1. The maximum atomic E-state index is 5.66. The highest BCUT2D eigenvalue weighted by Crippen LogP contribution is 2.24. The second-order valence-electron chi connectivity index (χ2n) is 2.85.